The quantitative estimate of drug-likeness (QED) is 0.781. The van der Waals surface area contributed by atoms with Gasteiger partial charge in [0.25, 0.3) is 0 Å². The molecular weight excluding hydrogens is 218 g/mol. The summed E-state index contributed by atoms with van der Waals surface area (Å²) < 4.78 is 0. The Morgan fingerprint density at radius 1 is 1.25 bits per heavy atom. The van der Waals surface area contributed by atoms with Crippen molar-refractivity contribution in [2.24, 2.45) is 5.41 Å². The third-order valence-corrected chi connectivity index (χ3v) is 5.41. The Bertz CT molecular complexity index is 232. The van der Waals surface area contributed by atoms with Gasteiger partial charge in [0.2, 0.25) is 0 Å². The van der Waals surface area contributed by atoms with E-state index in [2.05, 4.69) is 30.9 Å². The molecule has 1 heterocycles. The molecular formula is C13H25NOS. The van der Waals surface area contributed by atoms with Gasteiger partial charge in [-0.3, -0.25) is 0 Å². The fourth-order valence-electron chi connectivity index (χ4n) is 2.98. The fourth-order valence-corrected chi connectivity index (χ4v) is 4.26. The zero-order valence-corrected chi connectivity index (χ0v) is 11.4. The number of nitrogens with one attached hydrogen (secondary N) is 1. The summed E-state index contributed by atoms with van der Waals surface area (Å²) in [5.41, 5.74) is 0.459. The SMILES string of the molecule is CC1(C)CSCC(NC2CCCCC2O)C1. The Labute approximate surface area is 104 Å². The molecule has 0 spiro atoms. The van der Waals surface area contributed by atoms with Crippen LogP contribution in [0.3, 0.4) is 0 Å². The van der Waals surface area contributed by atoms with E-state index in [0.717, 1.165) is 12.8 Å². The first-order chi connectivity index (χ1) is 7.57. The van der Waals surface area contributed by atoms with Gasteiger partial charge in [-0.15, -0.1) is 0 Å². The van der Waals surface area contributed by atoms with Crippen LogP contribution in [0.5, 0.6) is 0 Å². The topological polar surface area (TPSA) is 32.3 Å². The van der Waals surface area contributed by atoms with E-state index in [1.807, 2.05) is 0 Å². The van der Waals surface area contributed by atoms with E-state index in [9.17, 15) is 5.11 Å². The second kappa shape index (κ2) is 5.28. The Hall–Kier alpha value is 0.270. The lowest BCUT2D eigenvalue weighted by molar-refractivity contribution is 0.0825. The molecule has 16 heavy (non-hydrogen) atoms. The smallest absolute Gasteiger partial charge is 0.0693 e. The highest BCUT2D eigenvalue weighted by atomic mass is 32.2. The molecule has 1 aliphatic carbocycles. The summed E-state index contributed by atoms with van der Waals surface area (Å²) in [5, 5.41) is 13.7. The predicted octanol–water partition coefficient (Wildman–Crippen LogP) is 2.41. The molecule has 0 aromatic rings. The predicted molar refractivity (Wildman–Crippen MR) is 70.9 cm³/mol. The molecule has 1 saturated heterocycles. The number of aliphatic hydroxyl groups is 1. The molecule has 1 saturated carbocycles. The van der Waals surface area contributed by atoms with E-state index < -0.39 is 0 Å². The molecule has 1 aliphatic heterocycles. The number of hydrogen-bond donors (Lipinski definition) is 2. The van der Waals surface area contributed by atoms with Crippen LogP contribution in [0.15, 0.2) is 0 Å². The fraction of sp³-hybridized carbons (Fsp3) is 1.00. The molecule has 2 N–H and O–H groups in total. The highest BCUT2D eigenvalue weighted by Crippen LogP contribution is 2.34. The first kappa shape index (κ1) is 12.7. The van der Waals surface area contributed by atoms with Crippen LogP contribution < -0.4 is 5.32 Å². The normalized spacial score (nSPS) is 39.6. The lowest BCUT2D eigenvalue weighted by atomic mass is 9.86. The van der Waals surface area contributed by atoms with Crippen molar-refractivity contribution in [3.8, 4) is 0 Å². The Balaban J connectivity index is 1.84. The Morgan fingerprint density at radius 2 is 2.00 bits per heavy atom. The molecule has 94 valence electrons. The van der Waals surface area contributed by atoms with Gasteiger partial charge in [-0.25, -0.2) is 0 Å². The molecule has 3 atom stereocenters. The number of rotatable bonds is 2. The minimum atomic E-state index is -0.108. The van der Waals surface area contributed by atoms with E-state index in [0.29, 0.717) is 17.5 Å². The number of thioether (sulfide) groups is 1. The second-order valence-corrected chi connectivity index (χ2v) is 7.24. The molecule has 2 fully saturated rings. The van der Waals surface area contributed by atoms with E-state index >= 15 is 0 Å². The van der Waals surface area contributed by atoms with Gasteiger partial charge in [-0.05, 0) is 30.4 Å². The average molecular weight is 243 g/mol. The van der Waals surface area contributed by atoms with Gasteiger partial charge in [-0.1, -0.05) is 26.7 Å². The molecule has 2 rings (SSSR count). The molecule has 0 bridgehead atoms. The van der Waals surface area contributed by atoms with Crippen molar-refractivity contribution < 1.29 is 5.11 Å². The third-order valence-electron chi connectivity index (χ3n) is 3.79. The summed E-state index contributed by atoms with van der Waals surface area (Å²) in [4.78, 5) is 0. The van der Waals surface area contributed by atoms with Crippen molar-refractivity contribution >= 4 is 11.8 Å². The van der Waals surface area contributed by atoms with Crippen molar-refractivity contribution in [1.29, 1.82) is 0 Å². The van der Waals surface area contributed by atoms with Crippen LogP contribution in [0, 0.1) is 5.41 Å². The maximum Gasteiger partial charge on any atom is 0.0693 e. The number of hydrogen-bond acceptors (Lipinski definition) is 3. The molecule has 3 heteroatoms. The van der Waals surface area contributed by atoms with Crippen LogP contribution in [0.2, 0.25) is 0 Å². The minimum absolute atomic E-state index is 0.108. The van der Waals surface area contributed by atoms with Crippen LogP contribution in [-0.2, 0) is 0 Å². The first-order valence-corrected chi connectivity index (χ1v) is 7.74. The summed E-state index contributed by atoms with van der Waals surface area (Å²) in [7, 11) is 0. The molecule has 0 aromatic carbocycles. The van der Waals surface area contributed by atoms with E-state index in [4.69, 9.17) is 0 Å². The molecule has 0 amide bonds. The zero-order chi connectivity index (χ0) is 11.6. The summed E-state index contributed by atoms with van der Waals surface area (Å²) in [6, 6.07) is 0.958. The van der Waals surface area contributed by atoms with Gasteiger partial charge in [-0.2, -0.15) is 11.8 Å². The second-order valence-electron chi connectivity index (χ2n) is 6.21. The van der Waals surface area contributed by atoms with E-state index in [1.54, 1.807) is 0 Å². The standard InChI is InChI=1S/C13H25NOS/c1-13(2)7-10(8-16-9-13)14-11-5-3-4-6-12(11)15/h10-12,14-15H,3-9H2,1-2H3. The molecule has 3 unspecified atom stereocenters. The molecule has 0 radical (unpaired) electrons. The lowest BCUT2D eigenvalue weighted by Crippen LogP contribution is -2.50. The van der Waals surface area contributed by atoms with Crippen molar-refractivity contribution in [3.05, 3.63) is 0 Å². The monoisotopic (exact) mass is 243 g/mol. The van der Waals surface area contributed by atoms with Crippen LogP contribution >= 0.6 is 11.8 Å². The molecule has 0 aromatic heterocycles. The summed E-state index contributed by atoms with van der Waals surface area (Å²) in [5.74, 6) is 2.49. The van der Waals surface area contributed by atoms with Crippen molar-refractivity contribution in [3.63, 3.8) is 0 Å². The van der Waals surface area contributed by atoms with Crippen molar-refractivity contribution in [2.75, 3.05) is 11.5 Å². The van der Waals surface area contributed by atoms with Crippen LogP contribution in [0.4, 0.5) is 0 Å². The summed E-state index contributed by atoms with van der Waals surface area (Å²) >= 11 is 2.06. The van der Waals surface area contributed by atoms with E-state index in [1.165, 1.54) is 30.8 Å². The van der Waals surface area contributed by atoms with Gasteiger partial charge < -0.3 is 10.4 Å². The lowest BCUT2D eigenvalue weighted by Gasteiger charge is -2.39. The zero-order valence-electron chi connectivity index (χ0n) is 10.5. The van der Waals surface area contributed by atoms with E-state index in [-0.39, 0.29) is 6.10 Å². The van der Waals surface area contributed by atoms with Gasteiger partial charge in [0, 0.05) is 17.8 Å². The maximum atomic E-state index is 9.96. The van der Waals surface area contributed by atoms with Gasteiger partial charge >= 0.3 is 0 Å². The van der Waals surface area contributed by atoms with Gasteiger partial charge in [0.05, 0.1) is 6.10 Å². The Kier molecular flexibility index (Phi) is 4.20. The maximum absolute atomic E-state index is 9.96. The van der Waals surface area contributed by atoms with Crippen LogP contribution in [-0.4, -0.2) is 34.8 Å². The number of aliphatic hydroxyl groups excluding tert-OH is 1. The van der Waals surface area contributed by atoms with Crippen LogP contribution in [0.1, 0.15) is 46.0 Å². The van der Waals surface area contributed by atoms with Gasteiger partial charge in [0.1, 0.15) is 0 Å². The first-order valence-electron chi connectivity index (χ1n) is 6.59. The molecule has 2 nitrogen and oxygen atoms in total. The summed E-state index contributed by atoms with van der Waals surface area (Å²) in [6.07, 6.45) is 5.76. The average Bonchev–Trinajstić information content (AvgIpc) is 2.20. The largest absolute Gasteiger partial charge is 0.392 e. The third kappa shape index (κ3) is 3.38. The van der Waals surface area contributed by atoms with Crippen molar-refractivity contribution in [2.45, 2.75) is 64.1 Å². The Morgan fingerprint density at radius 3 is 2.69 bits per heavy atom. The minimum Gasteiger partial charge on any atom is -0.392 e. The highest BCUT2D eigenvalue weighted by molar-refractivity contribution is 7.99. The summed E-state index contributed by atoms with van der Waals surface area (Å²) in [6.45, 7) is 4.70. The van der Waals surface area contributed by atoms with Gasteiger partial charge in [0.15, 0.2) is 0 Å². The molecule has 2 aliphatic rings. The van der Waals surface area contributed by atoms with Crippen LogP contribution in [0.25, 0.3) is 0 Å². The van der Waals surface area contributed by atoms with Crippen molar-refractivity contribution in [1.82, 2.24) is 5.32 Å². The highest BCUT2D eigenvalue weighted by Gasteiger charge is 2.31.